The van der Waals surface area contributed by atoms with Crippen LogP contribution >= 0.6 is 15.9 Å². The zero-order valence-electron chi connectivity index (χ0n) is 11.8. The number of nitrogens with zero attached hydrogens (tertiary/aromatic N) is 1. The summed E-state index contributed by atoms with van der Waals surface area (Å²) in [6.45, 7) is 1.87. The lowest BCUT2D eigenvalue weighted by Gasteiger charge is -2.28. The van der Waals surface area contributed by atoms with Gasteiger partial charge in [-0.25, -0.2) is 8.42 Å². The highest BCUT2D eigenvalue weighted by Crippen LogP contribution is 2.24. The molecule has 1 amide bonds. The van der Waals surface area contributed by atoms with Crippen molar-refractivity contribution in [2.24, 2.45) is 0 Å². The average Bonchev–Trinajstić information content (AvgIpc) is 2.75. The van der Waals surface area contributed by atoms with Gasteiger partial charge in [-0.05, 0) is 47.0 Å². The largest absolute Gasteiger partial charge is 0.395 e. The number of benzene rings is 1. The molecule has 1 aromatic rings. The summed E-state index contributed by atoms with van der Waals surface area (Å²) >= 11 is 3.37. The lowest BCUT2D eigenvalue weighted by Crippen LogP contribution is -2.43. The molecule has 7 heteroatoms. The Labute approximate surface area is 133 Å². The van der Waals surface area contributed by atoms with Gasteiger partial charge in [0.05, 0.1) is 23.7 Å². The summed E-state index contributed by atoms with van der Waals surface area (Å²) in [5.41, 5.74) is 1.51. The van der Waals surface area contributed by atoms with Crippen LogP contribution in [0.15, 0.2) is 22.7 Å². The van der Waals surface area contributed by atoms with Crippen LogP contribution in [0.5, 0.6) is 0 Å². The number of carbonyl (C=O) groups is 1. The number of rotatable bonds is 4. The van der Waals surface area contributed by atoms with Gasteiger partial charge in [0.1, 0.15) is 0 Å². The van der Waals surface area contributed by atoms with Gasteiger partial charge in [-0.3, -0.25) is 4.79 Å². The van der Waals surface area contributed by atoms with Gasteiger partial charge in [-0.1, -0.05) is 6.07 Å². The van der Waals surface area contributed by atoms with Crippen molar-refractivity contribution in [3.8, 4) is 0 Å². The molecule has 116 valence electrons. The van der Waals surface area contributed by atoms with Crippen molar-refractivity contribution < 1.29 is 18.3 Å². The Kier molecular flexibility index (Phi) is 5.06. The van der Waals surface area contributed by atoms with Gasteiger partial charge in [0.15, 0.2) is 9.84 Å². The number of aliphatic hydroxyl groups excluding tert-OH is 1. The molecule has 1 aliphatic rings. The fourth-order valence-electron chi connectivity index (χ4n) is 2.53. The molecular formula is C14H18BrNO4S. The fraction of sp³-hybridized carbons (Fsp3) is 0.500. The average molecular weight is 376 g/mol. The van der Waals surface area contributed by atoms with Gasteiger partial charge in [-0.2, -0.15) is 0 Å². The molecule has 1 heterocycles. The molecule has 1 atom stereocenters. The smallest absolute Gasteiger partial charge is 0.255 e. The zero-order chi connectivity index (χ0) is 15.6. The topological polar surface area (TPSA) is 74.7 Å². The molecular weight excluding hydrogens is 358 g/mol. The molecule has 0 spiro atoms. The summed E-state index contributed by atoms with van der Waals surface area (Å²) in [4.78, 5) is 14.1. The monoisotopic (exact) mass is 375 g/mol. The molecule has 2 rings (SSSR count). The van der Waals surface area contributed by atoms with Crippen LogP contribution in [0.2, 0.25) is 0 Å². The van der Waals surface area contributed by atoms with Crippen molar-refractivity contribution in [1.82, 2.24) is 4.90 Å². The van der Waals surface area contributed by atoms with Crippen LogP contribution in [0, 0.1) is 6.92 Å². The molecule has 0 radical (unpaired) electrons. The summed E-state index contributed by atoms with van der Waals surface area (Å²) in [5.74, 6) is -0.178. The minimum atomic E-state index is -3.08. The molecule has 5 nitrogen and oxygen atoms in total. The normalized spacial score (nSPS) is 20.4. The Balaban J connectivity index is 2.27. The fourth-order valence-corrected chi connectivity index (χ4v) is 4.92. The van der Waals surface area contributed by atoms with E-state index in [1.807, 2.05) is 19.1 Å². The molecule has 1 aromatic carbocycles. The van der Waals surface area contributed by atoms with Crippen LogP contribution in [-0.2, 0) is 9.84 Å². The van der Waals surface area contributed by atoms with Gasteiger partial charge >= 0.3 is 0 Å². The minimum absolute atomic E-state index is 0.0256. The van der Waals surface area contributed by atoms with Gasteiger partial charge in [0.25, 0.3) is 5.91 Å². The van der Waals surface area contributed by atoms with E-state index in [2.05, 4.69) is 15.9 Å². The number of aliphatic hydroxyl groups is 1. The Morgan fingerprint density at radius 3 is 2.71 bits per heavy atom. The Bertz CT molecular complexity index is 644. The van der Waals surface area contributed by atoms with Crippen molar-refractivity contribution in [2.45, 2.75) is 19.4 Å². The van der Waals surface area contributed by atoms with E-state index in [-0.39, 0.29) is 36.6 Å². The molecule has 1 aliphatic heterocycles. The van der Waals surface area contributed by atoms with E-state index in [0.717, 1.165) is 5.56 Å². The van der Waals surface area contributed by atoms with Crippen LogP contribution in [0.3, 0.4) is 0 Å². The number of halogens is 1. The Morgan fingerprint density at radius 1 is 1.48 bits per heavy atom. The summed E-state index contributed by atoms with van der Waals surface area (Å²) in [6, 6.07) is 5.04. The molecule has 0 bridgehead atoms. The first-order chi connectivity index (χ1) is 9.84. The number of carbonyl (C=O) groups excluding carboxylic acids is 1. The lowest BCUT2D eigenvalue weighted by atomic mass is 10.1. The predicted octanol–water partition coefficient (Wildman–Crippen LogP) is 1.38. The molecule has 21 heavy (non-hydrogen) atoms. The number of hydrogen-bond donors (Lipinski definition) is 1. The standard InChI is InChI=1S/C14H18BrNO4S/c1-10-2-3-12(13(15)8-10)14(18)16(5-6-17)11-4-7-21(19,20)9-11/h2-3,8,11,17H,4-7,9H2,1H3. The Hall–Kier alpha value is -0.920. The van der Waals surface area contributed by atoms with E-state index in [0.29, 0.717) is 16.5 Å². The van der Waals surface area contributed by atoms with Crippen LogP contribution in [-0.4, -0.2) is 55.0 Å². The van der Waals surface area contributed by atoms with Crippen molar-refractivity contribution in [3.63, 3.8) is 0 Å². The van der Waals surface area contributed by atoms with Crippen molar-refractivity contribution in [3.05, 3.63) is 33.8 Å². The van der Waals surface area contributed by atoms with E-state index >= 15 is 0 Å². The first-order valence-corrected chi connectivity index (χ1v) is 9.34. The van der Waals surface area contributed by atoms with E-state index in [4.69, 9.17) is 0 Å². The SMILES string of the molecule is Cc1ccc(C(=O)N(CCO)C2CCS(=O)(=O)C2)c(Br)c1. The predicted molar refractivity (Wildman–Crippen MR) is 84.1 cm³/mol. The minimum Gasteiger partial charge on any atom is -0.395 e. The van der Waals surface area contributed by atoms with Crippen LogP contribution in [0.1, 0.15) is 22.3 Å². The van der Waals surface area contributed by atoms with Gasteiger partial charge in [0.2, 0.25) is 0 Å². The van der Waals surface area contributed by atoms with Crippen LogP contribution < -0.4 is 0 Å². The second-order valence-corrected chi connectivity index (χ2v) is 8.35. The number of sulfone groups is 1. The van der Waals surface area contributed by atoms with Gasteiger partial charge in [0, 0.05) is 17.1 Å². The van der Waals surface area contributed by atoms with Crippen molar-refractivity contribution >= 4 is 31.7 Å². The third-order valence-electron chi connectivity index (χ3n) is 3.61. The maximum Gasteiger partial charge on any atom is 0.255 e. The highest BCUT2D eigenvalue weighted by molar-refractivity contribution is 9.10. The summed E-state index contributed by atoms with van der Waals surface area (Å²) in [5, 5.41) is 9.18. The molecule has 0 aliphatic carbocycles. The summed E-state index contributed by atoms with van der Waals surface area (Å²) in [6.07, 6.45) is 0.428. The quantitative estimate of drug-likeness (QED) is 0.862. The van der Waals surface area contributed by atoms with Gasteiger partial charge < -0.3 is 10.0 Å². The number of aryl methyl sites for hydroxylation is 1. The molecule has 0 saturated carbocycles. The molecule has 1 fully saturated rings. The highest BCUT2D eigenvalue weighted by Gasteiger charge is 2.35. The number of amides is 1. The second-order valence-electron chi connectivity index (χ2n) is 5.26. The third kappa shape index (κ3) is 3.84. The molecule has 1 unspecified atom stereocenters. The Morgan fingerprint density at radius 2 is 2.19 bits per heavy atom. The molecule has 0 aromatic heterocycles. The van der Waals surface area contributed by atoms with Crippen LogP contribution in [0.4, 0.5) is 0 Å². The maximum atomic E-state index is 12.7. The highest BCUT2D eigenvalue weighted by atomic mass is 79.9. The first-order valence-electron chi connectivity index (χ1n) is 6.72. The maximum absolute atomic E-state index is 12.7. The van der Waals surface area contributed by atoms with E-state index < -0.39 is 9.84 Å². The van der Waals surface area contributed by atoms with Crippen LogP contribution in [0.25, 0.3) is 0 Å². The van der Waals surface area contributed by atoms with Crippen molar-refractivity contribution in [1.29, 1.82) is 0 Å². The third-order valence-corrected chi connectivity index (χ3v) is 6.01. The van der Waals surface area contributed by atoms with E-state index in [1.165, 1.54) is 4.90 Å². The summed E-state index contributed by atoms with van der Waals surface area (Å²) < 4.78 is 23.9. The molecule has 1 saturated heterocycles. The molecule has 1 N–H and O–H groups in total. The lowest BCUT2D eigenvalue weighted by molar-refractivity contribution is 0.0654. The zero-order valence-corrected chi connectivity index (χ0v) is 14.2. The summed E-state index contributed by atoms with van der Waals surface area (Å²) in [7, 11) is -3.08. The second kappa shape index (κ2) is 6.46. The van der Waals surface area contributed by atoms with Crippen molar-refractivity contribution in [2.75, 3.05) is 24.7 Å². The first kappa shape index (κ1) is 16.5. The van der Waals surface area contributed by atoms with E-state index in [9.17, 15) is 18.3 Å². The number of hydrogen-bond acceptors (Lipinski definition) is 4. The van der Waals surface area contributed by atoms with E-state index in [1.54, 1.807) is 6.07 Å². The van der Waals surface area contributed by atoms with Gasteiger partial charge in [-0.15, -0.1) is 0 Å².